The van der Waals surface area contributed by atoms with Gasteiger partial charge in [-0.3, -0.25) is 9.78 Å². The van der Waals surface area contributed by atoms with Crippen molar-refractivity contribution < 1.29 is 4.79 Å². The third-order valence-electron chi connectivity index (χ3n) is 3.69. The predicted molar refractivity (Wildman–Crippen MR) is 95.3 cm³/mol. The van der Waals surface area contributed by atoms with Crippen molar-refractivity contribution >= 4 is 17.3 Å². The molecule has 0 spiro atoms. The molecule has 4 heteroatoms. The largest absolute Gasteiger partial charge is 0.354 e. The van der Waals surface area contributed by atoms with E-state index in [1.54, 1.807) is 12.4 Å². The van der Waals surface area contributed by atoms with Gasteiger partial charge in [0, 0.05) is 17.9 Å². The van der Waals surface area contributed by atoms with Crippen LogP contribution in [0.2, 0.25) is 0 Å². The summed E-state index contributed by atoms with van der Waals surface area (Å²) in [4.78, 5) is 16.3. The van der Waals surface area contributed by atoms with Crippen molar-refractivity contribution in [3.05, 3.63) is 53.3 Å². The minimum Gasteiger partial charge on any atom is -0.354 e. The second-order valence-electron chi connectivity index (χ2n) is 5.87. The second kappa shape index (κ2) is 7.77. The van der Waals surface area contributed by atoms with Crippen molar-refractivity contribution in [2.24, 2.45) is 0 Å². The minimum absolute atomic E-state index is 0.101. The molecule has 1 aromatic heterocycles. The van der Waals surface area contributed by atoms with Crippen LogP contribution in [0.1, 0.15) is 49.2 Å². The molecule has 1 aromatic carbocycles. The van der Waals surface area contributed by atoms with Crippen molar-refractivity contribution in [1.82, 2.24) is 10.3 Å². The molecule has 4 nitrogen and oxygen atoms in total. The number of amides is 1. The molecule has 2 aromatic rings. The Kier molecular flexibility index (Phi) is 5.74. The highest BCUT2D eigenvalue weighted by molar-refractivity contribution is 5.95. The van der Waals surface area contributed by atoms with Crippen molar-refractivity contribution in [2.45, 2.75) is 46.6 Å². The number of nitrogens with one attached hydrogen (secondary N) is 2. The van der Waals surface area contributed by atoms with Gasteiger partial charge in [0.15, 0.2) is 0 Å². The molecule has 122 valence electrons. The Morgan fingerprint density at radius 3 is 2.35 bits per heavy atom. The molecule has 1 amide bonds. The van der Waals surface area contributed by atoms with E-state index in [0.717, 1.165) is 24.2 Å². The molecule has 0 atom stereocenters. The number of para-hydroxylation sites is 1. The smallest absolute Gasteiger partial charge is 0.253 e. The summed E-state index contributed by atoms with van der Waals surface area (Å²) in [7, 11) is 0. The van der Waals surface area contributed by atoms with Crippen LogP contribution in [-0.4, -0.2) is 16.9 Å². The minimum atomic E-state index is -0.101. The van der Waals surface area contributed by atoms with Gasteiger partial charge >= 0.3 is 0 Å². The van der Waals surface area contributed by atoms with Crippen LogP contribution in [0, 0.1) is 0 Å². The van der Waals surface area contributed by atoms with Crippen LogP contribution < -0.4 is 10.6 Å². The zero-order valence-corrected chi connectivity index (χ0v) is 14.3. The lowest BCUT2D eigenvalue weighted by atomic mass is 10.0. The third-order valence-corrected chi connectivity index (χ3v) is 3.69. The number of carbonyl (C=O) groups excluding carboxylic acids is 1. The number of hydrogen-bond donors (Lipinski definition) is 2. The first-order valence-corrected chi connectivity index (χ1v) is 8.18. The van der Waals surface area contributed by atoms with E-state index in [4.69, 9.17) is 0 Å². The van der Waals surface area contributed by atoms with E-state index in [0.29, 0.717) is 5.56 Å². The van der Waals surface area contributed by atoms with E-state index in [9.17, 15) is 4.79 Å². The van der Waals surface area contributed by atoms with Gasteiger partial charge in [-0.1, -0.05) is 32.0 Å². The maximum Gasteiger partial charge on any atom is 0.253 e. The number of nitrogens with zero attached hydrogens (tertiary/aromatic N) is 1. The van der Waals surface area contributed by atoms with Crippen molar-refractivity contribution in [1.29, 1.82) is 0 Å². The number of rotatable bonds is 6. The summed E-state index contributed by atoms with van der Waals surface area (Å²) in [6.45, 7) is 8.17. The lowest BCUT2D eigenvalue weighted by molar-refractivity contribution is 0.0943. The average molecular weight is 311 g/mol. The topological polar surface area (TPSA) is 54.0 Å². The lowest BCUT2D eigenvalue weighted by Crippen LogP contribution is -2.30. The Labute approximate surface area is 138 Å². The second-order valence-corrected chi connectivity index (χ2v) is 5.87. The molecule has 0 saturated carbocycles. The number of anilines is 2. The number of carbonyl (C=O) groups is 1. The van der Waals surface area contributed by atoms with Gasteiger partial charge in [-0.15, -0.1) is 0 Å². The van der Waals surface area contributed by atoms with E-state index >= 15 is 0 Å². The lowest BCUT2D eigenvalue weighted by Gasteiger charge is -2.16. The molecule has 2 N–H and O–H groups in total. The van der Waals surface area contributed by atoms with Crippen LogP contribution in [-0.2, 0) is 12.8 Å². The van der Waals surface area contributed by atoms with Gasteiger partial charge in [0.25, 0.3) is 5.91 Å². The number of hydrogen-bond acceptors (Lipinski definition) is 3. The van der Waals surface area contributed by atoms with E-state index in [1.807, 2.05) is 19.9 Å². The van der Waals surface area contributed by atoms with E-state index in [2.05, 4.69) is 47.7 Å². The van der Waals surface area contributed by atoms with Gasteiger partial charge in [0.05, 0.1) is 17.4 Å². The van der Waals surface area contributed by atoms with Crippen LogP contribution in [0.15, 0.2) is 36.7 Å². The highest BCUT2D eigenvalue weighted by Crippen LogP contribution is 2.26. The summed E-state index contributed by atoms with van der Waals surface area (Å²) in [6.07, 6.45) is 5.25. The SMILES string of the molecule is CCc1cccc(CC)c1Nc1cncc(C(=O)NC(C)C)c1. The van der Waals surface area contributed by atoms with Crippen molar-refractivity contribution in [3.63, 3.8) is 0 Å². The quantitative estimate of drug-likeness (QED) is 0.845. The number of pyridine rings is 1. The molecule has 2 rings (SSSR count). The average Bonchev–Trinajstić information content (AvgIpc) is 2.54. The third kappa shape index (κ3) is 4.31. The first-order chi connectivity index (χ1) is 11.0. The molecule has 0 unspecified atom stereocenters. The maximum absolute atomic E-state index is 12.1. The van der Waals surface area contributed by atoms with Gasteiger partial charge in [-0.25, -0.2) is 0 Å². The summed E-state index contributed by atoms with van der Waals surface area (Å²) < 4.78 is 0. The molecule has 0 aliphatic rings. The molecule has 0 fully saturated rings. The van der Waals surface area contributed by atoms with Gasteiger partial charge in [0.1, 0.15) is 0 Å². The zero-order chi connectivity index (χ0) is 16.8. The molecule has 1 heterocycles. The van der Waals surface area contributed by atoms with Crippen LogP contribution >= 0.6 is 0 Å². The monoisotopic (exact) mass is 311 g/mol. The van der Waals surface area contributed by atoms with Gasteiger partial charge in [0.2, 0.25) is 0 Å². The highest BCUT2D eigenvalue weighted by Gasteiger charge is 2.10. The van der Waals surface area contributed by atoms with Crippen molar-refractivity contribution in [3.8, 4) is 0 Å². The zero-order valence-electron chi connectivity index (χ0n) is 14.3. The fourth-order valence-corrected chi connectivity index (χ4v) is 2.53. The fraction of sp³-hybridized carbons (Fsp3) is 0.368. The molecule has 0 saturated heterocycles. The Balaban J connectivity index is 2.29. The maximum atomic E-state index is 12.1. The van der Waals surface area contributed by atoms with Crippen LogP contribution in [0.5, 0.6) is 0 Å². The van der Waals surface area contributed by atoms with Crippen LogP contribution in [0.3, 0.4) is 0 Å². The molecule has 0 radical (unpaired) electrons. The summed E-state index contributed by atoms with van der Waals surface area (Å²) in [5.41, 5.74) is 5.05. The first-order valence-electron chi connectivity index (χ1n) is 8.18. The van der Waals surface area contributed by atoms with Gasteiger partial charge < -0.3 is 10.6 Å². The predicted octanol–water partition coefficient (Wildman–Crippen LogP) is 4.09. The molecule has 23 heavy (non-hydrogen) atoms. The normalized spacial score (nSPS) is 10.7. The summed E-state index contributed by atoms with van der Waals surface area (Å²) in [5.74, 6) is -0.101. The van der Waals surface area contributed by atoms with Crippen LogP contribution in [0.4, 0.5) is 11.4 Å². The standard InChI is InChI=1S/C19H25N3O/c1-5-14-8-7-9-15(6-2)18(14)22-17-10-16(11-20-12-17)19(23)21-13(3)4/h7-13,22H,5-6H2,1-4H3,(H,21,23). The van der Waals surface area contributed by atoms with Gasteiger partial charge in [-0.05, 0) is 43.9 Å². The first kappa shape index (κ1) is 17.0. The Bertz CT molecular complexity index is 658. The van der Waals surface area contributed by atoms with Crippen molar-refractivity contribution in [2.75, 3.05) is 5.32 Å². The molecule has 0 bridgehead atoms. The molecular formula is C19H25N3O. The number of aromatic nitrogens is 1. The highest BCUT2D eigenvalue weighted by atomic mass is 16.1. The van der Waals surface area contributed by atoms with E-state index < -0.39 is 0 Å². The number of benzene rings is 1. The van der Waals surface area contributed by atoms with Crippen LogP contribution in [0.25, 0.3) is 0 Å². The Morgan fingerprint density at radius 1 is 1.13 bits per heavy atom. The summed E-state index contributed by atoms with van der Waals surface area (Å²) >= 11 is 0. The Morgan fingerprint density at radius 2 is 1.78 bits per heavy atom. The molecule has 0 aliphatic heterocycles. The number of aryl methyl sites for hydroxylation is 2. The summed E-state index contributed by atoms with van der Waals surface area (Å²) in [6, 6.07) is 8.30. The van der Waals surface area contributed by atoms with Gasteiger partial charge in [-0.2, -0.15) is 0 Å². The molecular weight excluding hydrogens is 286 g/mol. The van der Waals surface area contributed by atoms with E-state index in [-0.39, 0.29) is 11.9 Å². The fourth-order valence-electron chi connectivity index (χ4n) is 2.53. The molecule has 0 aliphatic carbocycles. The van der Waals surface area contributed by atoms with E-state index in [1.165, 1.54) is 11.1 Å². The Hall–Kier alpha value is -2.36. The summed E-state index contributed by atoms with van der Waals surface area (Å²) in [5, 5.41) is 6.34.